The molecule has 7 heteroatoms. The smallest absolute Gasteiger partial charge is 0.259 e. The van der Waals surface area contributed by atoms with Gasteiger partial charge in [0.1, 0.15) is 9.84 Å². The molecule has 0 aliphatic rings. The number of sulfone groups is 1. The highest BCUT2D eigenvalue weighted by Crippen LogP contribution is 2.15. The molecule has 0 saturated heterocycles. The van der Waals surface area contributed by atoms with Gasteiger partial charge in [0.25, 0.3) is 5.56 Å². The normalized spacial score (nSPS) is 12.1. The van der Waals surface area contributed by atoms with E-state index in [2.05, 4.69) is 5.32 Å². The van der Waals surface area contributed by atoms with Gasteiger partial charge in [-0.3, -0.25) is 4.79 Å². The Morgan fingerprint density at radius 2 is 2.11 bits per heavy atom. The van der Waals surface area contributed by atoms with Crippen LogP contribution in [0, 0.1) is 0 Å². The molecule has 0 atom stereocenters. The number of hydrogen-bond acceptors (Lipinski definition) is 5. The lowest BCUT2D eigenvalue weighted by Gasteiger charge is -2.07. The topological polar surface area (TPSA) is 68.2 Å². The zero-order valence-corrected chi connectivity index (χ0v) is 12.3. The van der Waals surface area contributed by atoms with Crippen molar-refractivity contribution in [1.29, 1.82) is 0 Å². The van der Waals surface area contributed by atoms with Crippen molar-refractivity contribution in [3.8, 4) is 0 Å². The van der Waals surface area contributed by atoms with Gasteiger partial charge in [-0.15, -0.1) is 11.3 Å². The van der Waals surface area contributed by atoms with E-state index in [1.165, 1.54) is 6.26 Å². The zero-order chi connectivity index (χ0) is 13.9. The van der Waals surface area contributed by atoms with E-state index in [1.807, 2.05) is 17.5 Å². The second-order valence-electron chi connectivity index (χ2n) is 4.39. The first-order valence-electron chi connectivity index (χ1n) is 5.92. The highest BCUT2D eigenvalue weighted by molar-refractivity contribution is 7.90. The summed E-state index contributed by atoms with van der Waals surface area (Å²) in [6.45, 7) is 1.52. The maximum Gasteiger partial charge on any atom is 0.259 e. The van der Waals surface area contributed by atoms with Crippen LogP contribution in [0.5, 0.6) is 0 Å². The number of fused-ring (bicyclic) bond motifs is 1. The number of nitrogens with one attached hydrogen (secondary N) is 1. The maximum atomic E-state index is 12.1. The molecule has 104 valence electrons. The van der Waals surface area contributed by atoms with Gasteiger partial charge in [-0.1, -0.05) is 0 Å². The number of thiophene rings is 1. The summed E-state index contributed by atoms with van der Waals surface area (Å²) in [6, 6.07) is 3.76. The summed E-state index contributed by atoms with van der Waals surface area (Å²) in [5, 5.41) is 5.67. The van der Waals surface area contributed by atoms with Crippen molar-refractivity contribution in [1.82, 2.24) is 9.88 Å². The van der Waals surface area contributed by atoms with Crippen molar-refractivity contribution in [2.45, 2.75) is 6.54 Å². The highest BCUT2D eigenvalue weighted by atomic mass is 32.2. The van der Waals surface area contributed by atoms with Crippen molar-refractivity contribution < 1.29 is 8.42 Å². The van der Waals surface area contributed by atoms with Crippen LogP contribution in [0.15, 0.2) is 28.5 Å². The van der Waals surface area contributed by atoms with E-state index in [0.29, 0.717) is 19.6 Å². The third-order valence-electron chi connectivity index (χ3n) is 2.77. The van der Waals surface area contributed by atoms with Crippen LogP contribution in [0.2, 0.25) is 0 Å². The summed E-state index contributed by atoms with van der Waals surface area (Å²) >= 11 is 1.55. The van der Waals surface area contributed by atoms with E-state index in [4.69, 9.17) is 0 Å². The Morgan fingerprint density at radius 1 is 1.32 bits per heavy atom. The molecular formula is C12H16N2O3S2. The minimum atomic E-state index is -2.93. The van der Waals surface area contributed by atoms with Crippen LogP contribution in [0.4, 0.5) is 0 Å². The monoisotopic (exact) mass is 300 g/mol. The van der Waals surface area contributed by atoms with Gasteiger partial charge in [-0.2, -0.15) is 0 Å². The molecule has 2 heterocycles. The Morgan fingerprint density at radius 3 is 2.84 bits per heavy atom. The predicted molar refractivity (Wildman–Crippen MR) is 78.7 cm³/mol. The quantitative estimate of drug-likeness (QED) is 0.797. The number of hydrogen-bond donors (Lipinski definition) is 1. The first kappa shape index (κ1) is 14.2. The molecule has 19 heavy (non-hydrogen) atoms. The van der Waals surface area contributed by atoms with Crippen LogP contribution in [0.25, 0.3) is 10.1 Å². The number of aromatic nitrogens is 1. The van der Waals surface area contributed by atoms with Crippen molar-refractivity contribution in [3.63, 3.8) is 0 Å². The molecule has 0 saturated carbocycles. The van der Waals surface area contributed by atoms with Gasteiger partial charge in [0.05, 0.1) is 11.1 Å². The lowest BCUT2D eigenvalue weighted by Crippen LogP contribution is -2.29. The largest absolute Gasteiger partial charge is 0.314 e. The van der Waals surface area contributed by atoms with Crippen LogP contribution < -0.4 is 10.9 Å². The average molecular weight is 300 g/mol. The van der Waals surface area contributed by atoms with Gasteiger partial charge in [0.15, 0.2) is 0 Å². The lowest BCUT2D eigenvalue weighted by atomic mass is 10.3. The number of nitrogens with zero attached hydrogens (tertiary/aromatic N) is 1. The number of pyridine rings is 1. The molecule has 0 aliphatic heterocycles. The summed E-state index contributed by atoms with van der Waals surface area (Å²) in [5.74, 6) is 0.117. The molecule has 0 amide bonds. The fourth-order valence-electron chi connectivity index (χ4n) is 1.76. The molecule has 0 aliphatic carbocycles. The molecule has 2 rings (SSSR count). The minimum Gasteiger partial charge on any atom is -0.314 e. The molecule has 5 nitrogen and oxygen atoms in total. The second-order valence-corrected chi connectivity index (χ2v) is 7.60. The van der Waals surface area contributed by atoms with Crippen molar-refractivity contribution in [2.24, 2.45) is 0 Å². The van der Waals surface area contributed by atoms with Gasteiger partial charge < -0.3 is 9.88 Å². The zero-order valence-electron chi connectivity index (χ0n) is 10.6. The summed E-state index contributed by atoms with van der Waals surface area (Å²) in [5.41, 5.74) is 0.00339. The van der Waals surface area contributed by atoms with Gasteiger partial charge in [-0.25, -0.2) is 8.42 Å². The van der Waals surface area contributed by atoms with Crippen molar-refractivity contribution in [2.75, 3.05) is 25.1 Å². The summed E-state index contributed by atoms with van der Waals surface area (Å²) in [4.78, 5) is 12.1. The van der Waals surface area contributed by atoms with Gasteiger partial charge in [-0.05, 0) is 17.5 Å². The predicted octanol–water partition coefficient (Wildman–Crippen LogP) is 0.697. The van der Waals surface area contributed by atoms with Crippen LogP contribution in [0.1, 0.15) is 0 Å². The van der Waals surface area contributed by atoms with Gasteiger partial charge in [0, 0.05) is 36.8 Å². The maximum absolute atomic E-state index is 12.1. The van der Waals surface area contributed by atoms with E-state index in [1.54, 1.807) is 22.1 Å². The molecule has 1 N–H and O–H groups in total. The third kappa shape index (κ3) is 3.89. The minimum absolute atomic E-state index is 0.00339. The van der Waals surface area contributed by atoms with E-state index in [9.17, 15) is 13.2 Å². The molecule has 0 unspecified atom stereocenters. The van der Waals surface area contributed by atoms with Gasteiger partial charge >= 0.3 is 0 Å². The lowest BCUT2D eigenvalue weighted by molar-refractivity contribution is 0.582. The van der Waals surface area contributed by atoms with E-state index >= 15 is 0 Å². The van der Waals surface area contributed by atoms with Gasteiger partial charge in [0.2, 0.25) is 0 Å². The van der Waals surface area contributed by atoms with E-state index < -0.39 is 9.84 Å². The summed E-state index contributed by atoms with van der Waals surface area (Å²) < 4.78 is 24.5. The Kier molecular flexibility index (Phi) is 4.38. The molecule has 2 aromatic heterocycles. The molecule has 0 fully saturated rings. The fraction of sp³-hybridized carbons (Fsp3) is 0.417. The Balaban J connectivity index is 1.91. The summed E-state index contributed by atoms with van der Waals surface area (Å²) in [7, 11) is -2.93. The fourth-order valence-corrected chi connectivity index (χ4v) is 3.05. The van der Waals surface area contributed by atoms with Crippen molar-refractivity contribution in [3.05, 3.63) is 34.1 Å². The first-order valence-corrected chi connectivity index (χ1v) is 8.86. The third-order valence-corrected chi connectivity index (χ3v) is 4.60. The molecule has 2 aromatic rings. The standard InChI is InChI=1S/C12H16N2O3S2/c1-19(16,17)9-5-13-4-7-14-6-2-11-10(12(14)15)3-8-18-11/h2-3,6,8,13H,4-5,7,9H2,1H3. The number of rotatable bonds is 6. The van der Waals surface area contributed by atoms with Crippen LogP contribution in [0.3, 0.4) is 0 Å². The summed E-state index contributed by atoms with van der Waals surface area (Å²) in [6.07, 6.45) is 2.99. The molecule has 0 spiro atoms. The van der Waals surface area contributed by atoms with Crippen LogP contribution in [-0.4, -0.2) is 38.1 Å². The average Bonchev–Trinajstić information content (AvgIpc) is 2.79. The molecule has 0 aromatic carbocycles. The first-order chi connectivity index (χ1) is 8.97. The Labute approximate surface area is 115 Å². The van der Waals surface area contributed by atoms with Crippen LogP contribution >= 0.6 is 11.3 Å². The Hall–Kier alpha value is -1.18. The van der Waals surface area contributed by atoms with E-state index in [0.717, 1.165) is 10.1 Å². The Bertz CT molecular complexity index is 716. The molecule has 0 bridgehead atoms. The highest BCUT2D eigenvalue weighted by Gasteiger charge is 2.04. The van der Waals surface area contributed by atoms with Crippen LogP contribution in [-0.2, 0) is 16.4 Å². The van der Waals surface area contributed by atoms with E-state index in [-0.39, 0.29) is 11.3 Å². The second kappa shape index (κ2) is 5.85. The molecule has 0 radical (unpaired) electrons. The molecular weight excluding hydrogens is 284 g/mol. The van der Waals surface area contributed by atoms with Crippen molar-refractivity contribution >= 4 is 31.3 Å². The SMILES string of the molecule is CS(=O)(=O)CCNCCn1ccc2sccc2c1=O.